The first kappa shape index (κ1) is 13.1. The van der Waals surface area contributed by atoms with E-state index in [1.165, 1.54) is 0 Å². The molecule has 0 fully saturated rings. The van der Waals surface area contributed by atoms with Gasteiger partial charge in [-0.2, -0.15) is 0 Å². The van der Waals surface area contributed by atoms with Crippen LogP contribution in [0.15, 0.2) is 22.6 Å². The van der Waals surface area contributed by atoms with Crippen molar-refractivity contribution >= 4 is 6.29 Å². The summed E-state index contributed by atoms with van der Waals surface area (Å²) in [6.45, 7) is 3.91. The van der Waals surface area contributed by atoms with Gasteiger partial charge < -0.3 is 13.9 Å². The standard InChI is InChI=1S/C14H15NO4/c1-9-10(2)19-14(15-9)8-18-13-6-11(7-16)4-5-12(13)17-3/h4-7H,8H2,1-3H3. The van der Waals surface area contributed by atoms with Crippen LogP contribution >= 0.6 is 0 Å². The highest BCUT2D eigenvalue weighted by Gasteiger charge is 2.09. The molecule has 100 valence electrons. The molecule has 2 aromatic rings. The topological polar surface area (TPSA) is 61.6 Å². The molecule has 5 heteroatoms. The molecule has 0 saturated heterocycles. The molecule has 5 nitrogen and oxygen atoms in total. The van der Waals surface area contributed by atoms with Gasteiger partial charge in [0.2, 0.25) is 5.89 Å². The Bertz CT molecular complexity index is 570. The van der Waals surface area contributed by atoms with Crippen LogP contribution < -0.4 is 9.47 Å². The molecule has 0 unspecified atom stereocenters. The Kier molecular flexibility index (Phi) is 3.85. The van der Waals surface area contributed by atoms with Crippen molar-refractivity contribution < 1.29 is 18.7 Å². The Hall–Kier alpha value is -2.30. The molecule has 0 aliphatic heterocycles. The van der Waals surface area contributed by atoms with Crippen molar-refractivity contribution in [3.8, 4) is 11.5 Å². The van der Waals surface area contributed by atoms with Crippen molar-refractivity contribution in [3.05, 3.63) is 41.1 Å². The van der Waals surface area contributed by atoms with Gasteiger partial charge in [-0.25, -0.2) is 4.98 Å². The van der Waals surface area contributed by atoms with E-state index in [1.54, 1.807) is 25.3 Å². The number of oxazole rings is 1. The first-order chi connectivity index (χ1) is 9.13. The van der Waals surface area contributed by atoms with E-state index in [2.05, 4.69) is 4.98 Å². The molecule has 0 aliphatic rings. The zero-order chi connectivity index (χ0) is 13.8. The number of hydrogen-bond acceptors (Lipinski definition) is 5. The number of rotatable bonds is 5. The minimum absolute atomic E-state index is 0.188. The van der Waals surface area contributed by atoms with Gasteiger partial charge >= 0.3 is 0 Å². The third kappa shape index (κ3) is 2.93. The first-order valence-corrected chi connectivity index (χ1v) is 5.83. The van der Waals surface area contributed by atoms with Crippen LogP contribution in [-0.2, 0) is 6.61 Å². The van der Waals surface area contributed by atoms with Crippen LogP contribution in [0.1, 0.15) is 27.7 Å². The fourth-order valence-corrected chi connectivity index (χ4v) is 1.62. The highest BCUT2D eigenvalue weighted by atomic mass is 16.5. The summed E-state index contributed by atoms with van der Waals surface area (Å²) in [4.78, 5) is 15.0. The van der Waals surface area contributed by atoms with E-state index >= 15 is 0 Å². The van der Waals surface area contributed by atoms with E-state index in [0.29, 0.717) is 23.0 Å². The lowest BCUT2D eigenvalue weighted by atomic mass is 10.2. The summed E-state index contributed by atoms with van der Waals surface area (Å²) in [5.74, 6) is 2.31. The van der Waals surface area contributed by atoms with E-state index < -0.39 is 0 Å². The molecule has 1 aromatic heterocycles. The molecule has 0 radical (unpaired) electrons. The van der Waals surface area contributed by atoms with Crippen LogP contribution in [0.2, 0.25) is 0 Å². The molecule has 0 N–H and O–H groups in total. The number of carbonyl (C=O) groups excluding carboxylic acids is 1. The van der Waals surface area contributed by atoms with Crippen LogP contribution in [0.25, 0.3) is 0 Å². The summed E-state index contributed by atoms with van der Waals surface area (Å²) in [6.07, 6.45) is 0.756. The molecule has 1 heterocycles. The molecular formula is C14H15NO4. The molecule has 2 rings (SSSR count). The SMILES string of the molecule is COc1ccc(C=O)cc1OCc1nc(C)c(C)o1. The second kappa shape index (κ2) is 5.56. The third-order valence-corrected chi connectivity index (χ3v) is 2.75. The number of aldehydes is 1. The molecular weight excluding hydrogens is 246 g/mol. The molecule has 0 spiro atoms. The zero-order valence-corrected chi connectivity index (χ0v) is 11.1. The number of aryl methyl sites for hydroxylation is 2. The summed E-state index contributed by atoms with van der Waals surface area (Å²) in [5, 5.41) is 0. The van der Waals surface area contributed by atoms with Gasteiger partial charge in [0.25, 0.3) is 0 Å². The van der Waals surface area contributed by atoms with E-state index in [9.17, 15) is 4.79 Å². The number of nitrogens with zero attached hydrogens (tertiary/aromatic N) is 1. The van der Waals surface area contributed by atoms with E-state index in [-0.39, 0.29) is 6.61 Å². The van der Waals surface area contributed by atoms with E-state index in [4.69, 9.17) is 13.9 Å². The Morgan fingerprint density at radius 3 is 2.68 bits per heavy atom. The lowest BCUT2D eigenvalue weighted by Crippen LogP contribution is -1.99. The minimum atomic E-state index is 0.188. The molecule has 0 amide bonds. The van der Waals surface area contributed by atoms with Gasteiger partial charge in [0.15, 0.2) is 18.1 Å². The number of methoxy groups -OCH3 is 1. The number of benzene rings is 1. The average molecular weight is 261 g/mol. The molecule has 0 bridgehead atoms. The Labute approximate surface area is 111 Å². The normalized spacial score (nSPS) is 10.3. The van der Waals surface area contributed by atoms with Crippen LogP contribution in [0.5, 0.6) is 11.5 Å². The predicted molar refractivity (Wildman–Crippen MR) is 68.7 cm³/mol. The van der Waals surface area contributed by atoms with Gasteiger partial charge in [-0.15, -0.1) is 0 Å². The zero-order valence-electron chi connectivity index (χ0n) is 11.1. The Balaban J connectivity index is 2.15. The second-order valence-electron chi connectivity index (χ2n) is 4.07. The minimum Gasteiger partial charge on any atom is -0.493 e. The quantitative estimate of drug-likeness (QED) is 0.774. The Morgan fingerprint density at radius 1 is 1.32 bits per heavy atom. The summed E-state index contributed by atoms with van der Waals surface area (Å²) < 4.78 is 16.2. The van der Waals surface area contributed by atoms with Crippen molar-refractivity contribution in [2.45, 2.75) is 20.5 Å². The van der Waals surface area contributed by atoms with E-state index in [1.807, 2.05) is 13.8 Å². The number of ether oxygens (including phenoxy) is 2. The molecule has 0 aliphatic carbocycles. The maximum Gasteiger partial charge on any atom is 0.232 e. The molecule has 1 aromatic carbocycles. The summed E-state index contributed by atoms with van der Waals surface area (Å²) in [7, 11) is 1.54. The van der Waals surface area contributed by atoms with Gasteiger partial charge in [0, 0.05) is 5.56 Å². The lowest BCUT2D eigenvalue weighted by molar-refractivity contribution is 0.112. The van der Waals surface area contributed by atoms with Gasteiger partial charge in [0.05, 0.1) is 12.8 Å². The molecule has 0 atom stereocenters. The predicted octanol–water partition coefficient (Wildman–Crippen LogP) is 2.69. The number of hydrogen-bond donors (Lipinski definition) is 0. The monoisotopic (exact) mass is 261 g/mol. The van der Waals surface area contributed by atoms with Gasteiger partial charge in [0.1, 0.15) is 12.0 Å². The van der Waals surface area contributed by atoms with Crippen molar-refractivity contribution in [1.29, 1.82) is 0 Å². The van der Waals surface area contributed by atoms with Crippen molar-refractivity contribution in [1.82, 2.24) is 4.98 Å². The van der Waals surface area contributed by atoms with Gasteiger partial charge in [-0.05, 0) is 32.0 Å². The summed E-state index contributed by atoms with van der Waals surface area (Å²) in [6, 6.07) is 4.97. The fourth-order valence-electron chi connectivity index (χ4n) is 1.62. The maximum atomic E-state index is 10.8. The van der Waals surface area contributed by atoms with Gasteiger partial charge in [-0.1, -0.05) is 0 Å². The van der Waals surface area contributed by atoms with Crippen LogP contribution in [0, 0.1) is 13.8 Å². The third-order valence-electron chi connectivity index (χ3n) is 2.75. The van der Waals surface area contributed by atoms with Crippen molar-refractivity contribution in [2.75, 3.05) is 7.11 Å². The van der Waals surface area contributed by atoms with Gasteiger partial charge in [-0.3, -0.25) is 4.79 Å². The first-order valence-electron chi connectivity index (χ1n) is 5.83. The van der Waals surface area contributed by atoms with Crippen LogP contribution in [0.3, 0.4) is 0 Å². The highest BCUT2D eigenvalue weighted by molar-refractivity contribution is 5.76. The Morgan fingerprint density at radius 2 is 2.11 bits per heavy atom. The maximum absolute atomic E-state index is 10.8. The second-order valence-corrected chi connectivity index (χ2v) is 4.07. The van der Waals surface area contributed by atoms with Crippen molar-refractivity contribution in [3.63, 3.8) is 0 Å². The van der Waals surface area contributed by atoms with Crippen LogP contribution in [-0.4, -0.2) is 18.4 Å². The lowest BCUT2D eigenvalue weighted by Gasteiger charge is -2.09. The summed E-state index contributed by atoms with van der Waals surface area (Å²) in [5.41, 5.74) is 1.36. The smallest absolute Gasteiger partial charge is 0.232 e. The van der Waals surface area contributed by atoms with E-state index in [0.717, 1.165) is 17.7 Å². The molecule has 0 saturated carbocycles. The number of carbonyl (C=O) groups is 1. The van der Waals surface area contributed by atoms with Crippen LogP contribution in [0.4, 0.5) is 0 Å². The average Bonchev–Trinajstić information content (AvgIpc) is 2.75. The highest BCUT2D eigenvalue weighted by Crippen LogP contribution is 2.28. The summed E-state index contributed by atoms with van der Waals surface area (Å²) >= 11 is 0. The van der Waals surface area contributed by atoms with Crippen molar-refractivity contribution in [2.24, 2.45) is 0 Å². The number of aromatic nitrogens is 1. The molecule has 19 heavy (non-hydrogen) atoms. The largest absolute Gasteiger partial charge is 0.493 e. The fraction of sp³-hybridized carbons (Fsp3) is 0.286.